The number of hydrogen-bond donors (Lipinski definition) is 2. The highest BCUT2D eigenvalue weighted by Gasteiger charge is 2.32. The first-order valence-corrected chi connectivity index (χ1v) is 14.6. The first-order chi connectivity index (χ1) is 20.2. The van der Waals surface area contributed by atoms with Crippen LogP contribution in [-0.4, -0.2) is 87.9 Å². The van der Waals surface area contributed by atoms with Crippen LogP contribution in [0.4, 0.5) is 4.79 Å². The van der Waals surface area contributed by atoms with E-state index in [1.54, 1.807) is 18.7 Å². The van der Waals surface area contributed by atoms with Gasteiger partial charge in [0.05, 0.1) is 23.7 Å². The fourth-order valence-corrected chi connectivity index (χ4v) is 6.32. The van der Waals surface area contributed by atoms with Gasteiger partial charge in [0.25, 0.3) is 0 Å². The number of carbonyl (C=O) groups excluding carboxylic acids is 2. The lowest BCUT2D eigenvalue weighted by molar-refractivity contribution is -0.135. The van der Waals surface area contributed by atoms with Crippen molar-refractivity contribution >= 4 is 28.9 Å². The summed E-state index contributed by atoms with van der Waals surface area (Å²) in [5.41, 5.74) is 3.44. The number of carboxylic acid groups (broad SMARTS) is 1. The smallest absolute Gasteiger partial charge is 0.407 e. The number of imide groups is 1. The third-order valence-corrected chi connectivity index (χ3v) is 8.51. The number of fused-ring (bicyclic) bond motifs is 1. The molecule has 2 saturated heterocycles. The number of rotatable bonds is 10. The summed E-state index contributed by atoms with van der Waals surface area (Å²) in [6.07, 6.45) is 1.82. The number of nitrogens with zero attached hydrogens (tertiary/aromatic N) is 4. The molecule has 42 heavy (non-hydrogen) atoms. The van der Waals surface area contributed by atoms with Gasteiger partial charge in [0.1, 0.15) is 6.04 Å². The van der Waals surface area contributed by atoms with E-state index in [0.29, 0.717) is 25.1 Å². The Morgan fingerprint density at radius 3 is 2.67 bits per heavy atom. The molecule has 0 aliphatic carbocycles. The van der Waals surface area contributed by atoms with Gasteiger partial charge in [-0.05, 0) is 49.4 Å². The van der Waals surface area contributed by atoms with Crippen LogP contribution in [0.3, 0.4) is 0 Å². The molecule has 3 heterocycles. The summed E-state index contributed by atoms with van der Waals surface area (Å²) in [6, 6.07) is 15.2. The van der Waals surface area contributed by atoms with Crippen molar-refractivity contribution in [2.75, 3.05) is 39.8 Å². The van der Waals surface area contributed by atoms with E-state index in [1.807, 2.05) is 36.4 Å². The fraction of sp³-hybridized carbons (Fsp3) is 0.484. The van der Waals surface area contributed by atoms with Gasteiger partial charge in [-0.15, -0.1) is 0 Å². The van der Waals surface area contributed by atoms with Gasteiger partial charge in [0.2, 0.25) is 11.8 Å². The number of piperidine rings is 1. The Morgan fingerprint density at radius 1 is 1.14 bits per heavy atom. The number of ether oxygens (including phenoxy) is 1. The molecule has 2 aromatic carbocycles. The second kappa shape index (κ2) is 12.9. The zero-order valence-electron chi connectivity index (χ0n) is 24.2. The summed E-state index contributed by atoms with van der Waals surface area (Å²) in [4.78, 5) is 52.8. The molecule has 11 nitrogen and oxygen atoms in total. The normalized spacial score (nSPS) is 20.4. The predicted octanol–water partition coefficient (Wildman–Crippen LogP) is 2.42. The van der Waals surface area contributed by atoms with Gasteiger partial charge in [-0.3, -0.25) is 28.9 Å². The van der Waals surface area contributed by atoms with E-state index in [9.17, 15) is 24.3 Å². The number of hydrogen-bond acceptors (Lipinski definition) is 6. The third-order valence-electron chi connectivity index (χ3n) is 8.51. The van der Waals surface area contributed by atoms with Gasteiger partial charge in [-0.25, -0.2) is 9.59 Å². The molecule has 0 bridgehead atoms. The largest absolute Gasteiger partial charge is 0.465 e. The van der Waals surface area contributed by atoms with E-state index in [-0.39, 0.29) is 30.0 Å². The molecule has 2 aliphatic heterocycles. The summed E-state index contributed by atoms with van der Waals surface area (Å²) >= 11 is 0. The molecular weight excluding hydrogens is 538 g/mol. The van der Waals surface area contributed by atoms with Crippen LogP contribution < -0.4 is 11.0 Å². The fourth-order valence-electron chi connectivity index (χ4n) is 6.32. The quantitative estimate of drug-likeness (QED) is 0.355. The lowest BCUT2D eigenvalue weighted by atomic mass is 9.92. The molecule has 224 valence electrons. The molecule has 1 aromatic heterocycles. The summed E-state index contributed by atoms with van der Waals surface area (Å²) in [7, 11) is 3.33. The maximum absolute atomic E-state index is 13.2. The molecule has 0 saturated carbocycles. The minimum atomic E-state index is -0.948. The highest BCUT2D eigenvalue weighted by atomic mass is 16.5. The number of aromatic nitrogens is 2. The van der Waals surface area contributed by atoms with Crippen LogP contribution in [0.1, 0.15) is 36.4 Å². The van der Waals surface area contributed by atoms with Crippen LogP contribution in [0.15, 0.2) is 53.3 Å². The number of aryl methyl sites for hydroxylation is 2. The molecule has 2 N–H and O–H groups in total. The number of morpholine rings is 1. The standard InChI is InChI=1S/C31H39N5O6/c1-33(31(40)41)19-23(18-21-8-4-3-5-9-21)26-20-35(16-17-42-26)15-7-11-22-10-6-12-24-28(22)34(2)30(39)36(24)25-13-14-27(37)32-29(25)38/h3-6,8-10,12,23,25-26H,7,11,13-20H2,1-2H3,(H,40,41)(H,32,37,38)/t23?,25?,26-/m0/s1. The van der Waals surface area contributed by atoms with Crippen molar-refractivity contribution in [3.63, 3.8) is 0 Å². The van der Waals surface area contributed by atoms with Crippen molar-refractivity contribution in [3.8, 4) is 0 Å². The number of carbonyl (C=O) groups is 3. The van der Waals surface area contributed by atoms with Crippen molar-refractivity contribution in [1.29, 1.82) is 0 Å². The first-order valence-electron chi connectivity index (χ1n) is 14.6. The van der Waals surface area contributed by atoms with Crippen molar-refractivity contribution in [1.82, 2.24) is 24.3 Å². The van der Waals surface area contributed by atoms with Crippen LogP contribution in [0.25, 0.3) is 11.0 Å². The van der Waals surface area contributed by atoms with Crippen LogP contribution >= 0.6 is 0 Å². The molecule has 2 fully saturated rings. The maximum atomic E-state index is 13.2. The van der Waals surface area contributed by atoms with Crippen LogP contribution in [-0.2, 0) is 34.2 Å². The Bertz CT molecular complexity index is 1500. The van der Waals surface area contributed by atoms with E-state index in [0.717, 1.165) is 55.5 Å². The van der Waals surface area contributed by atoms with Crippen molar-refractivity contribution < 1.29 is 24.2 Å². The van der Waals surface area contributed by atoms with Gasteiger partial charge in [-0.1, -0.05) is 42.5 Å². The zero-order chi connectivity index (χ0) is 29.8. The number of amides is 3. The summed E-state index contributed by atoms with van der Waals surface area (Å²) < 4.78 is 9.32. The highest BCUT2D eigenvalue weighted by Crippen LogP contribution is 2.26. The van der Waals surface area contributed by atoms with Crippen molar-refractivity contribution in [2.45, 2.75) is 44.2 Å². The lowest BCUT2D eigenvalue weighted by Gasteiger charge is -2.38. The first kappa shape index (κ1) is 29.5. The minimum Gasteiger partial charge on any atom is -0.465 e. The Kier molecular flexibility index (Phi) is 9.08. The van der Waals surface area contributed by atoms with E-state index < -0.39 is 18.0 Å². The van der Waals surface area contributed by atoms with Gasteiger partial charge in [0.15, 0.2) is 0 Å². The monoisotopic (exact) mass is 577 g/mol. The van der Waals surface area contributed by atoms with Crippen molar-refractivity contribution in [3.05, 3.63) is 70.1 Å². The SMILES string of the molecule is CN(CC(Cc1ccccc1)[C@@H]1CN(CCCc2cccc3c2n(C)c(=O)n3C2CCC(=O)NC2=O)CCO1)C(=O)O. The number of benzene rings is 2. The lowest BCUT2D eigenvalue weighted by Crippen LogP contribution is -2.49. The average Bonchev–Trinajstić information content (AvgIpc) is 3.23. The van der Waals surface area contributed by atoms with Crippen molar-refractivity contribution in [2.24, 2.45) is 13.0 Å². The van der Waals surface area contributed by atoms with E-state index >= 15 is 0 Å². The Balaban J connectivity index is 1.26. The average molecular weight is 578 g/mol. The second-order valence-electron chi connectivity index (χ2n) is 11.4. The topological polar surface area (TPSA) is 126 Å². The molecule has 5 rings (SSSR count). The van der Waals surface area contributed by atoms with Gasteiger partial charge < -0.3 is 14.7 Å². The number of nitrogens with one attached hydrogen (secondary N) is 1. The molecular formula is C31H39N5O6. The molecule has 3 aromatic rings. The third kappa shape index (κ3) is 6.42. The Morgan fingerprint density at radius 2 is 1.93 bits per heavy atom. The Labute approximate surface area is 244 Å². The van der Waals surface area contributed by atoms with Gasteiger partial charge in [-0.2, -0.15) is 0 Å². The van der Waals surface area contributed by atoms with E-state index in [4.69, 9.17) is 4.74 Å². The zero-order valence-corrected chi connectivity index (χ0v) is 24.2. The van der Waals surface area contributed by atoms with Crippen LogP contribution in [0.2, 0.25) is 0 Å². The second-order valence-corrected chi connectivity index (χ2v) is 11.4. The van der Waals surface area contributed by atoms with E-state index in [2.05, 4.69) is 22.3 Å². The van der Waals surface area contributed by atoms with Crippen LogP contribution in [0.5, 0.6) is 0 Å². The summed E-state index contributed by atoms with van der Waals surface area (Å²) in [6.45, 7) is 3.34. The Hall–Kier alpha value is -3.96. The minimum absolute atomic E-state index is 0.0200. The van der Waals surface area contributed by atoms with E-state index in [1.165, 1.54) is 9.47 Å². The predicted molar refractivity (Wildman–Crippen MR) is 157 cm³/mol. The van der Waals surface area contributed by atoms with Gasteiger partial charge in [0, 0.05) is 46.1 Å². The molecule has 3 atom stereocenters. The summed E-state index contributed by atoms with van der Waals surface area (Å²) in [5.74, 6) is -0.726. The number of para-hydroxylation sites is 1. The molecule has 2 aliphatic rings. The maximum Gasteiger partial charge on any atom is 0.407 e. The van der Waals surface area contributed by atoms with Crippen LogP contribution in [0, 0.1) is 5.92 Å². The molecule has 2 unspecified atom stereocenters. The summed E-state index contributed by atoms with van der Waals surface area (Å²) in [5, 5.41) is 11.9. The van der Waals surface area contributed by atoms with Gasteiger partial charge >= 0.3 is 11.8 Å². The molecule has 0 radical (unpaired) electrons. The number of imidazole rings is 1. The molecule has 0 spiro atoms. The highest BCUT2D eigenvalue weighted by molar-refractivity contribution is 6.00. The molecule has 3 amide bonds. The molecule has 11 heteroatoms.